The Labute approximate surface area is 122 Å². The van der Waals surface area contributed by atoms with Gasteiger partial charge in [0.2, 0.25) is 0 Å². The zero-order chi connectivity index (χ0) is 13.8. The Morgan fingerprint density at radius 3 is 2.37 bits per heavy atom. The zero-order valence-corrected chi connectivity index (χ0v) is 12.9. The number of nitrogens with zero attached hydrogens (tertiary/aromatic N) is 2. The Morgan fingerprint density at radius 1 is 1.16 bits per heavy atom. The van der Waals surface area contributed by atoms with E-state index in [0.717, 1.165) is 5.33 Å². The highest BCUT2D eigenvalue weighted by molar-refractivity contribution is 9.09. The molecule has 2 aromatic rings. The molecule has 0 aliphatic rings. The van der Waals surface area contributed by atoms with Crippen LogP contribution < -0.4 is 5.69 Å². The molecular weight excluding hydrogens is 304 g/mol. The summed E-state index contributed by atoms with van der Waals surface area (Å²) in [6.07, 6.45) is 3.74. The Balaban J connectivity index is 2.22. The van der Waals surface area contributed by atoms with Gasteiger partial charge in [0.05, 0.1) is 0 Å². The van der Waals surface area contributed by atoms with Gasteiger partial charge in [0.1, 0.15) is 0 Å². The van der Waals surface area contributed by atoms with E-state index in [0.29, 0.717) is 12.5 Å². The van der Waals surface area contributed by atoms with Gasteiger partial charge >= 0.3 is 5.69 Å². The minimum atomic E-state index is 0.0666. The van der Waals surface area contributed by atoms with E-state index in [4.69, 9.17) is 0 Å². The van der Waals surface area contributed by atoms with Gasteiger partial charge in [-0.1, -0.05) is 46.3 Å². The summed E-state index contributed by atoms with van der Waals surface area (Å²) >= 11 is 3.55. The van der Waals surface area contributed by atoms with Crippen LogP contribution in [0.5, 0.6) is 0 Å². The molecule has 0 saturated carbocycles. The molecule has 19 heavy (non-hydrogen) atoms. The summed E-state index contributed by atoms with van der Waals surface area (Å²) in [6, 6.07) is 10.5. The van der Waals surface area contributed by atoms with Crippen LogP contribution in [0.25, 0.3) is 0 Å². The minimum Gasteiger partial charge on any atom is -0.299 e. The maximum Gasteiger partial charge on any atom is 0.328 e. The van der Waals surface area contributed by atoms with Crippen molar-refractivity contribution in [3.8, 4) is 0 Å². The van der Waals surface area contributed by atoms with Crippen molar-refractivity contribution < 1.29 is 0 Å². The Kier molecular flexibility index (Phi) is 4.64. The highest BCUT2D eigenvalue weighted by Crippen LogP contribution is 2.19. The van der Waals surface area contributed by atoms with Crippen LogP contribution in [-0.2, 0) is 6.54 Å². The number of halogens is 1. The standard InChI is InChI=1S/C15H19BrN2O/c1-12(2)18-9-8-17(15(18)19)11-14(10-16)13-6-4-3-5-7-13/h3-9,12,14H,10-11H2,1-2H3. The van der Waals surface area contributed by atoms with Crippen molar-refractivity contribution in [1.82, 2.24) is 9.13 Å². The Hall–Kier alpha value is -1.29. The highest BCUT2D eigenvalue weighted by Gasteiger charge is 2.13. The van der Waals surface area contributed by atoms with Crippen molar-refractivity contribution in [1.29, 1.82) is 0 Å². The zero-order valence-electron chi connectivity index (χ0n) is 11.3. The molecule has 4 heteroatoms. The molecule has 0 radical (unpaired) electrons. The van der Waals surface area contributed by atoms with Gasteiger partial charge < -0.3 is 0 Å². The van der Waals surface area contributed by atoms with Crippen molar-refractivity contribution in [3.63, 3.8) is 0 Å². The van der Waals surface area contributed by atoms with E-state index in [1.165, 1.54) is 5.56 Å². The van der Waals surface area contributed by atoms with Gasteiger partial charge in [0.15, 0.2) is 0 Å². The van der Waals surface area contributed by atoms with E-state index in [9.17, 15) is 4.79 Å². The molecule has 1 heterocycles. The van der Waals surface area contributed by atoms with Crippen LogP contribution in [0.2, 0.25) is 0 Å². The molecular formula is C15H19BrN2O. The molecule has 1 unspecified atom stereocenters. The second-order valence-electron chi connectivity index (χ2n) is 5.00. The van der Waals surface area contributed by atoms with Gasteiger partial charge in [-0.05, 0) is 19.4 Å². The van der Waals surface area contributed by atoms with Crippen molar-refractivity contribution >= 4 is 15.9 Å². The third-order valence-corrected chi connectivity index (χ3v) is 4.09. The van der Waals surface area contributed by atoms with E-state index in [-0.39, 0.29) is 11.7 Å². The molecule has 0 fully saturated rings. The number of rotatable bonds is 5. The SMILES string of the molecule is CC(C)n1ccn(CC(CBr)c2ccccc2)c1=O. The molecule has 0 spiro atoms. The molecule has 2 rings (SSSR count). The van der Waals surface area contributed by atoms with Crippen LogP contribution in [0.4, 0.5) is 0 Å². The summed E-state index contributed by atoms with van der Waals surface area (Å²) in [4.78, 5) is 12.2. The first-order chi connectivity index (χ1) is 9.13. The summed E-state index contributed by atoms with van der Waals surface area (Å²) < 4.78 is 3.55. The van der Waals surface area contributed by atoms with E-state index >= 15 is 0 Å². The maximum atomic E-state index is 12.2. The molecule has 0 bridgehead atoms. The Bertz CT molecular complexity index is 571. The van der Waals surface area contributed by atoms with Crippen molar-refractivity contribution in [3.05, 3.63) is 58.8 Å². The van der Waals surface area contributed by atoms with Gasteiger partial charge in [0.25, 0.3) is 0 Å². The molecule has 0 saturated heterocycles. The lowest BCUT2D eigenvalue weighted by atomic mass is 10.0. The molecule has 0 N–H and O–H groups in total. The van der Waals surface area contributed by atoms with Gasteiger partial charge in [-0.3, -0.25) is 9.13 Å². The largest absolute Gasteiger partial charge is 0.328 e. The molecule has 0 amide bonds. The number of hydrogen-bond acceptors (Lipinski definition) is 1. The minimum absolute atomic E-state index is 0.0666. The summed E-state index contributed by atoms with van der Waals surface area (Å²) in [7, 11) is 0. The number of aromatic nitrogens is 2. The lowest BCUT2D eigenvalue weighted by Crippen LogP contribution is -2.27. The monoisotopic (exact) mass is 322 g/mol. The number of hydrogen-bond donors (Lipinski definition) is 0. The number of alkyl halides is 1. The van der Waals surface area contributed by atoms with Crippen LogP contribution in [0.1, 0.15) is 31.4 Å². The van der Waals surface area contributed by atoms with Gasteiger partial charge in [-0.25, -0.2) is 4.79 Å². The van der Waals surface area contributed by atoms with Gasteiger partial charge in [0, 0.05) is 36.2 Å². The molecule has 1 aromatic heterocycles. The van der Waals surface area contributed by atoms with Crippen molar-refractivity contribution in [2.45, 2.75) is 32.4 Å². The number of benzene rings is 1. The fourth-order valence-electron chi connectivity index (χ4n) is 2.17. The van der Waals surface area contributed by atoms with Crippen LogP contribution in [0.3, 0.4) is 0 Å². The lowest BCUT2D eigenvalue weighted by molar-refractivity contribution is 0.531. The summed E-state index contributed by atoms with van der Waals surface area (Å²) in [5.74, 6) is 0.307. The van der Waals surface area contributed by atoms with Crippen LogP contribution in [0, 0.1) is 0 Å². The topological polar surface area (TPSA) is 26.9 Å². The first-order valence-electron chi connectivity index (χ1n) is 6.51. The fourth-order valence-corrected chi connectivity index (χ4v) is 2.74. The Morgan fingerprint density at radius 2 is 1.84 bits per heavy atom. The predicted octanol–water partition coefficient (Wildman–Crippen LogP) is 3.41. The lowest BCUT2D eigenvalue weighted by Gasteiger charge is -2.14. The van der Waals surface area contributed by atoms with Crippen LogP contribution in [-0.4, -0.2) is 14.5 Å². The normalized spacial score (nSPS) is 12.8. The first-order valence-corrected chi connectivity index (χ1v) is 7.63. The molecule has 0 aliphatic heterocycles. The second-order valence-corrected chi connectivity index (χ2v) is 5.64. The quantitative estimate of drug-likeness (QED) is 0.775. The molecule has 102 valence electrons. The summed E-state index contributed by atoms with van der Waals surface area (Å²) in [5, 5.41) is 0.844. The van der Waals surface area contributed by atoms with E-state index in [1.54, 1.807) is 9.13 Å². The van der Waals surface area contributed by atoms with E-state index < -0.39 is 0 Å². The fraction of sp³-hybridized carbons (Fsp3) is 0.400. The van der Waals surface area contributed by atoms with Gasteiger partial charge in [-0.2, -0.15) is 0 Å². The smallest absolute Gasteiger partial charge is 0.299 e. The first kappa shape index (κ1) is 14.1. The average molecular weight is 323 g/mol. The number of imidazole rings is 1. The third-order valence-electron chi connectivity index (χ3n) is 3.30. The predicted molar refractivity (Wildman–Crippen MR) is 82.1 cm³/mol. The van der Waals surface area contributed by atoms with E-state index in [2.05, 4.69) is 28.1 Å². The average Bonchev–Trinajstić information content (AvgIpc) is 2.78. The van der Waals surface area contributed by atoms with Crippen molar-refractivity contribution in [2.75, 3.05) is 5.33 Å². The second kappa shape index (κ2) is 6.24. The highest BCUT2D eigenvalue weighted by atomic mass is 79.9. The third kappa shape index (κ3) is 3.18. The van der Waals surface area contributed by atoms with Gasteiger partial charge in [-0.15, -0.1) is 0 Å². The van der Waals surface area contributed by atoms with E-state index in [1.807, 2.05) is 44.4 Å². The van der Waals surface area contributed by atoms with Crippen LogP contribution in [0.15, 0.2) is 47.5 Å². The summed E-state index contributed by atoms with van der Waals surface area (Å²) in [6.45, 7) is 4.74. The molecule has 3 nitrogen and oxygen atoms in total. The molecule has 0 aliphatic carbocycles. The molecule has 1 aromatic carbocycles. The summed E-state index contributed by atoms with van der Waals surface area (Å²) in [5.41, 5.74) is 1.32. The maximum absolute atomic E-state index is 12.2. The van der Waals surface area contributed by atoms with Crippen LogP contribution >= 0.6 is 15.9 Å². The van der Waals surface area contributed by atoms with Crippen molar-refractivity contribution in [2.24, 2.45) is 0 Å². The molecule has 1 atom stereocenters.